The molecule has 1 aliphatic carbocycles. The Balaban J connectivity index is 1.78. The monoisotopic (exact) mass is 339 g/mol. The minimum Gasteiger partial charge on any atom is -0.376 e. The molecule has 0 bridgehead atoms. The van der Waals surface area contributed by atoms with E-state index in [0.717, 1.165) is 13.2 Å². The van der Waals surface area contributed by atoms with Crippen LogP contribution < -0.4 is 0 Å². The standard InChI is InChI=1S/C23H33NO/c1-18-10-11-21(16-25-15-20-8-6-5-7-9-20)23(14-18)17-22(3,4)12-13-24-19(23)2/h5-11,18,21H,12-17H2,1-4H3/t18-,21-,23-/m0/s1. The summed E-state index contributed by atoms with van der Waals surface area (Å²) in [6.07, 6.45) is 8.39. The minimum atomic E-state index is 0.158. The summed E-state index contributed by atoms with van der Waals surface area (Å²) < 4.78 is 6.17. The Morgan fingerprint density at radius 3 is 2.68 bits per heavy atom. The maximum Gasteiger partial charge on any atom is 0.0717 e. The molecule has 2 aliphatic rings. The number of rotatable bonds is 4. The summed E-state index contributed by atoms with van der Waals surface area (Å²) in [6, 6.07) is 10.5. The molecule has 136 valence electrons. The van der Waals surface area contributed by atoms with E-state index in [1.165, 1.54) is 30.5 Å². The third kappa shape index (κ3) is 4.23. The van der Waals surface area contributed by atoms with Gasteiger partial charge in [-0.2, -0.15) is 0 Å². The SMILES string of the molecule is CC1=NCCC(C)(C)C[C@@]12C[C@@H](C)C=C[C@H]2COCc1ccccc1. The first-order chi connectivity index (χ1) is 11.9. The van der Waals surface area contributed by atoms with Gasteiger partial charge in [0.15, 0.2) is 0 Å². The molecule has 2 heteroatoms. The summed E-state index contributed by atoms with van der Waals surface area (Å²) in [5, 5.41) is 0. The van der Waals surface area contributed by atoms with Gasteiger partial charge in [-0.15, -0.1) is 0 Å². The maximum atomic E-state index is 6.17. The molecule has 2 nitrogen and oxygen atoms in total. The van der Waals surface area contributed by atoms with Crippen molar-refractivity contribution < 1.29 is 4.74 Å². The molecule has 0 radical (unpaired) electrons. The van der Waals surface area contributed by atoms with Crippen molar-refractivity contribution in [3.05, 3.63) is 48.0 Å². The van der Waals surface area contributed by atoms with Crippen LogP contribution in [0.15, 0.2) is 47.5 Å². The molecule has 1 aliphatic heterocycles. The Morgan fingerprint density at radius 1 is 1.16 bits per heavy atom. The van der Waals surface area contributed by atoms with Crippen LogP contribution in [0.25, 0.3) is 0 Å². The van der Waals surface area contributed by atoms with Crippen LogP contribution in [0.2, 0.25) is 0 Å². The molecule has 1 spiro atoms. The molecule has 1 aromatic carbocycles. The van der Waals surface area contributed by atoms with Crippen molar-refractivity contribution >= 4 is 5.71 Å². The average Bonchev–Trinajstić information content (AvgIpc) is 2.67. The molecule has 25 heavy (non-hydrogen) atoms. The topological polar surface area (TPSA) is 21.6 Å². The quantitative estimate of drug-likeness (QED) is 0.646. The van der Waals surface area contributed by atoms with Gasteiger partial charge in [0.05, 0.1) is 13.2 Å². The lowest BCUT2D eigenvalue weighted by Crippen LogP contribution is -2.44. The van der Waals surface area contributed by atoms with Crippen molar-refractivity contribution in [2.45, 2.75) is 53.6 Å². The second kappa shape index (κ2) is 7.45. The summed E-state index contributed by atoms with van der Waals surface area (Å²) in [6.45, 7) is 11.9. The predicted octanol–water partition coefficient (Wildman–Crippen LogP) is 5.68. The second-order valence-corrected chi connectivity index (χ2v) is 8.89. The molecule has 1 heterocycles. The van der Waals surface area contributed by atoms with E-state index in [2.05, 4.69) is 70.2 Å². The molecule has 0 saturated carbocycles. The van der Waals surface area contributed by atoms with Gasteiger partial charge in [-0.3, -0.25) is 4.99 Å². The van der Waals surface area contributed by atoms with Gasteiger partial charge < -0.3 is 4.74 Å². The van der Waals surface area contributed by atoms with Gasteiger partial charge in [0, 0.05) is 23.6 Å². The van der Waals surface area contributed by atoms with Crippen molar-refractivity contribution in [2.24, 2.45) is 27.7 Å². The van der Waals surface area contributed by atoms with Crippen LogP contribution in [0.3, 0.4) is 0 Å². The first-order valence-corrected chi connectivity index (χ1v) is 9.73. The highest BCUT2D eigenvalue weighted by Gasteiger charge is 2.47. The highest BCUT2D eigenvalue weighted by Crippen LogP contribution is 2.51. The third-order valence-electron chi connectivity index (χ3n) is 6.13. The maximum absolute atomic E-state index is 6.17. The van der Waals surface area contributed by atoms with E-state index in [4.69, 9.17) is 9.73 Å². The number of aliphatic imine (C=N–C) groups is 1. The zero-order valence-electron chi connectivity index (χ0n) is 16.3. The van der Waals surface area contributed by atoms with Crippen LogP contribution in [0, 0.1) is 22.7 Å². The Labute approximate surface area is 153 Å². The van der Waals surface area contributed by atoms with E-state index in [9.17, 15) is 0 Å². The highest BCUT2D eigenvalue weighted by atomic mass is 16.5. The Kier molecular flexibility index (Phi) is 5.48. The first kappa shape index (κ1) is 18.4. The molecule has 0 N–H and O–H groups in total. The Hall–Kier alpha value is -1.41. The molecule has 0 saturated heterocycles. The zero-order valence-corrected chi connectivity index (χ0v) is 16.3. The molecule has 0 aromatic heterocycles. The molecule has 1 aromatic rings. The minimum absolute atomic E-state index is 0.158. The van der Waals surface area contributed by atoms with E-state index in [-0.39, 0.29) is 5.41 Å². The van der Waals surface area contributed by atoms with Crippen LogP contribution >= 0.6 is 0 Å². The van der Waals surface area contributed by atoms with E-state index >= 15 is 0 Å². The normalized spacial score (nSPS) is 31.6. The van der Waals surface area contributed by atoms with Crippen LogP contribution in [0.1, 0.15) is 52.5 Å². The molecule has 0 amide bonds. The molecule has 3 atom stereocenters. The predicted molar refractivity (Wildman–Crippen MR) is 106 cm³/mol. The second-order valence-electron chi connectivity index (χ2n) is 8.89. The van der Waals surface area contributed by atoms with Crippen molar-refractivity contribution in [3.63, 3.8) is 0 Å². The highest BCUT2D eigenvalue weighted by molar-refractivity contribution is 5.89. The fourth-order valence-electron chi connectivity index (χ4n) is 4.77. The largest absolute Gasteiger partial charge is 0.376 e. The summed E-state index contributed by atoms with van der Waals surface area (Å²) in [5.74, 6) is 1.04. The van der Waals surface area contributed by atoms with Gasteiger partial charge in [0.2, 0.25) is 0 Å². The van der Waals surface area contributed by atoms with Gasteiger partial charge in [0.25, 0.3) is 0 Å². The number of ether oxygens (including phenoxy) is 1. The molecule has 3 rings (SSSR count). The lowest BCUT2D eigenvalue weighted by Gasteiger charge is -2.46. The van der Waals surface area contributed by atoms with E-state index in [1.807, 2.05) is 0 Å². The fourth-order valence-corrected chi connectivity index (χ4v) is 4.77. The summed E-state index contributed by atoms with van der Waals surface area (Å²) in [5.41, 5.74) is 3.09. The van der Waals surface area contributed by atoms with E-state index < -0.39 is 0 Å². The number of benzene rings is 1. The smallest absolute Gasteiger partial charge is 0.0717 e. The van der Waals surface area contributed by atoms with Crippen molar-refractivity contribution in [2.75, 3.05) is 13.2 Å². The summed E-state index contributed by atoms with van der Waals surface area (Å²) >= 11 is 0. The van der Waals surface area contributed by atoms with Crippen molar-refractivity contribution in [1.82, 2.24) is 0 Å². The molecule has 0 fully saturated rings. The fraction of sp³-hybridized carbons (Fsp3) is 0.609. The van der Waals surface area contributed by atoms with Crippen LogP contribution in [0.5, 0.6) is 0 Å². The lowest BCUT2D eigenvalue weighted by atomic mass is 9.58. The number of hydrogen-bond acceptors (Lipinski definition) is 2. The zero-order chi connectivity index (χ0) is 17.9. The van der Waals surface area contributed by atoms with Crippen LogP contribution in [-0.4, -0.2) is 18.9 Å². The molecular weight excluding hydrogens is 306 g/mol. The third-order valence-corrected chi connectivity index (χ3v) is 6.13. The van der Waals surface area contributed by atoms with Crippen LogP contribution in [0.4, 0.5) is 0 Å². The van der Waals surface area contributed by atoms with Crippen molar-refractivity contribution in [1.29, 1.82) is 0 Å². The Bertz CT molecular complexity index is 631. The van der Waals surface area contributed by atoms with Gasteiger partial charge in [-0.05, 0) is 43.1 Å². The number of allylic oxidation sites excluding steroid dienone is 1. The summed E-state index contributed by atoms with van der Waals surface area (Å²) in [7, 11) is 0. The Morgan fingerprint density at radius 2 is 1.92 bits per heavy atom. The molecular formula is C23H33NO. The van der Waals surface area contributed by atoms with Gasteiger partial charge in [-0.1, -0.05) is 63.3 Å². The first-order valence-electron chi connectivity index (χ1n) is 9.73. The van der Waals surface area contributed by atoms with Gasteiger partial charge >= 0.3 is 0 Å². The average molecular weight is 340 g/mol. The van der Waals surface area contributed by atoms with Crippen LogP contribution in [-0.2, 0) is 11.3 Å². The number of nitrogens with zero attached hydrogens (tertiary/aromatic N) is 1. The van der Waals surface area contributed by atoms with E-state index in [0.29, 0.717) is 23.9 Å². The van der Waals surface area contributed by atoms with Gasteiger partial charge in [-0.25, -0.2) is 0 Å². The van der Waals surface area contributed by atoms with Crippen molar-refractivity contribution in [3.8, 4) is 0 Å². The summed E-state index contributed by atoms with van der Waals surface area (Å²) in [4.78, 5) is 4.97. The number of hydrogen-bond donors (Lipinski definition) is 0. The van der Waals surface area contributed by atoms with E-state index in [1.54, 1.807) is 0 Å². The molecule has 0 unspecified atom stereocenters. The lowest BCUT2D eigenvalue weighted by molar-refractivity contribution is 0.0425. The van der Waals surface area contributed by atoms with Gasteiger partial charge in [0.1, 0.15) is 0 Å².